The Kier molecular flexibility index (Phi) is 4.83. The van der Waals surface area contributed by atoms with Crippen LogP contribution in [0.4, 0.5) is 5.69 Å². The number of rotatable bonds is 4. The standard InChI is InChI=1S/C24H25N5O/c1-16-20(19-10-4-5-11-21(19)25-16)15-23(30)26-18-9-7-8-17(14-18)24-28-27-22-12-3-2-6-13-29(22)24/h4-5,7-11,14,25H,2-3,6,12-13,15H2,1H3,(H,26,30). The molecular weight excluding hydrogens is 374 g/mol. The summed E-state index contributed by atoms with van der Waals surface area (Å²) in [5.74, 6) is 1.92. The third-order valence-electron chi connectivity index (χ3n) is 5.88. The van der Waals surface area contributed by atoms with Crippen LogP contribution in [0.2, 0.25) is 0 Å². The molecule has 0 atom stereocenters. The number of carbonyl (C=O) groups excluding carboxylic acids is 1. The number of aryl methyl sites for hydroxylation is 2. The van der Waals surface area contributed by atoms with Gasteiger partial charge in [-0.2, -0.15) is 0 Å². The second kappa shape index (κ2) is 7.78. The number of hydrogen-bond acceptors (Lipinski definition) is 3. The topological polar surface area (TPSA) is 75.6 Å². The molecule has 5 rings (SSSR count). The fourth-order valence-electron chi connectivity index (χ4n) is 4.36. The smallest absolute Gasteiger partial charge is 0.228 e. The van der Waals surface area contributed by atoms with Gasteiger partial charge in [0, 0.05) is 40.8 Å². The van der Waals surface area contributed by atoms with Crippen molar-refractivity contribution in [2.75, 3.05) is 5.32 Å². The number of benzene rings is 2. The fourth-order valence-corrected chi connectivity index (χ4v) is 4.36. The van der Waals surface area contributed by atoms with Gasteiger partial charge in [0.05, 0.1) is 6.42 Å². The van der Waals surface area contributed by atoms with E-state index >= 15 is 0 Å². The zero-order valence-corrected chi connectivity index (χ0v) is 17.1. The first-order valence-electron chi connectivity index (χ1n) is 10.6. The largest absolute Gasteiger partial charge is 0.358 e. The monoisotopic (exact) mass is 399 g/mol. The lowest BCUT2D eigenvalue weighted by Gasteiger charge is -2.10. The summed E-state index contributed by atoms with van der Waals surface area (Å²) in [7, 11) is 0. The number of amides is 1. The number of nitrogens with zero attached hydrogens (tertiary/aromatic N) is 3. The maximum Gasteiger partial charge on any atom is 0.228 e. The van der Waals surface area contributed by atoms with Crippen LogP contribution in [0.25, 0.3) is 22.3 Å². The molecule has 0 bridgehead atoms. The number of aromatic amines is 1. The first-order chi connectivity index (χ1) is 14.7. The van der Waals surface area contributed by atoms with E-state index in [1.807, 2.05) is 49.4 Å². The van der Waals surface area contributed by atoms with Gasteiger partial charge in [0.15, 0.2) is 5.82 Å². The number of fused-ring (bicyclic) bond motifs is 2. The third-order valence-corrected chi connectivity index (χ3v) is 5.88. The van der Waals surface area contributed by atoms with Crippen molar-refractivity contribution in [2.45, 2.75) is 45.6 Å². The Hall–Kier alpha value is -3.41. The van der Waals surface area contributed by atoms with Gasteiger partial charge in [-0.05, 0) is 43.5 Å². The minimum atomic E-state index is -0.0277. The molecule has 0 saturated heterocycles. The van der Waals surface area contributed by atoms with Crippen molar-refractivity contribution in [2.24, 2.45) is 0 Å². The van der Waals surface area contributed by atoms with Crippen molar-refractivity contribution >= 4 is 22.5 Å². The highest BCUT2D eigenvalue weighted by Gasteiger charge is 2.17. The van der Waals surface area contributed by atoms with Gasteiger partial charge in [-0.25, -0.2) is 0 Å². The van der Waals surface area contributed by atoms with E-state index in [9.17, 15) is 4.79 Å². The maximum absolute atomic E-state index is 12.8. The lowest BCUT2D eigenvalue weighted by Crippen LogP contribution is -2.15. The van der Waals surface area contributed by atoms with Crippen molar-refractivity contribution in [3.63, 3.8) is 0 Å². The summed E-state index contributed by atoms with van der Waals surface area (Å²) in [4.78, 5) is 16.2. The van der Waals surface area contributed by atoms with Crippen LogP contribution in [0.1, 0.15) is 36.3 Å². The quantitative estimate of drug-likeness (QED) is 0.525. The summed E-state index contributed by atoms with van der Waals surface area (Å²) in [6, 6.07) is 16.0. The van der Waals surface area contributed by atoms with E-state index < -0.39 is 0 Å². The summed E-state index contributed by atoms with van der Waals surface area (Å²) in [6.07, 6.45) is 4.86. The molecule has 0 fully saturated rings. The van der Waals surface area contributed by atoms with E-state index in [-0.39, 0.29) is 5.91 Å². The van der Waals surface area contributed by atoms with Gasteiger partial charge >= 0.3 is 0 Å². The molecule has 6 nitrogen and oxygen atoms in total. The minimum Gasteiger partial charge on any atom is -0.358 e. The first-order valence-corrected chi connectivity index (χ1v) is 10.6. The highest BCUT2D eigenvalue weighted by Crippen LogP contribution is 2.26. The second-order valence-corrected chi connectivity index (χ2v) is 7.98. The van der Waals surface area contributed by atoms with Crippen molar-refractivity contribution in [1.82, 2.24) is 19.7 Å². The van der Waals surface area contributed by atoms with Crippen LogP contribution in [-0.4, -0.2) is 25.7 Å². The van der Waals surface area contributed by atoms with Crippen LogP contribution in [0, 0.1) is 6.92 Å². The number of aromatic nitrogens is 4. The molecule has 0 aliphatic carbocycles. The number of nitrogens with one attached hydrogen (secondary N) is 2. The molecular formula is C24H25N5O. The average Bonchev–Trinajstić information content (AvgIpc) is 3.19. The van der Waals surface area contributed by atoms with Gasteiger partial charge in [-0.1, -0.05) is 36.8 Å². The van der Waals surface area contributed by atoms with Crippen molar-refractivity contribution in [1.29, 1.82) is 0 Å². The molecule has 2 aromatic heterocycles. The highest BCUT2D eigenvalue weighted by atomic mass is 16.1. The Bertz CT molecular complexity index is 1220. The molecule has 1 amide bonds. The fraction of sp³-hybridized carbons (Fsp3) is 0.292. The molecule has 1 aliphatic heterocycles. The molecule has 30 heavy (non-hydrogen) atoms. The highest BCUT2D eigenvalue weighted by molar-refractivity contribution is 5.96. The molecule has 3 heterocycles. The Labute approximate surface area is 175 Å². The number of para-hydroxylation sites is 1. The van der Waals surface area contributed by atoms with Crippen molar-refractivity contribution in [3.8, 4) is 11.4 Å². The van der Waals surface area contributed by atoms with E-state index in [2.05, 4.69) is 31.1 Å². The molecule has 0 unspecified atom stereocenters. The average molecular weight is 399 g/mol. The molecule has 1 aliphatic rings. The SMILES string of the molecule is Cc1[nH]c2ccccc2c1CC(=O)Nc1cccc(-c2nnc3n2CCCCC3)c1. The van der Waals surface area contributed by atoms with Gasteiger partial charge in [0.1, 0.15) is 5.82 Å². The summed E-state index contributed by atoms with van der Waals surface area (Å²) in [5.41, 5.74) is 4.90. The van der Waals surface area contributed by atoms with Gasteiger partial charge in [0.25, 0.3) is 0 Å². The van der Waals surface area contributed by atoms with Gasteiger partial charge in [-0.15, -0.1) is 10.2 Å². The van der Waals surface area contributed by atoms with Crippen molar-refractivity contribution in [3.05, 3.63) is 65.6 Å². The van der Waals surface area contributed by atoms with Gasteiger partial charge in [0.2, 0.25) is 5.91 Å². The summed E-state index contributed by atoms with van der Waals surface area (Å²) in [5, 5.41) is 13.0. The zero-order chi connectivity index (χ0) is 20.5. The summed E-state index contributed by atoms with van der Waals surface area (Å²) >= 11 is 0. The Morgan fingerprint density at radius 3 is 2.93 bits per heavy atom. The van der Waals surface area contributed by atoms with Crippen LogP contribution < -0.4 is 5.32 Å². The maximum atomic E-state index is 12.8. The molecule has 0 radical (unpaired) electrons. The number of anilines is 1. The van der Waals surface area contributed by atoms with E-state index in [1.54, 1.807) is 0 Å². The lowest BCUT2D eigenvalue weighted by atomic mass is 10.1. The van der Waals surface area contributed by atoms with Crippen LogP contribution in [-0.2, 0) is 24.2 Å². The Balaban J connectivity index is 1.37. The predicted molar refractivity (Wildman–Crippen MR) is 118 cm³/mol. The predicted octanol–water partition coefficient (Wildman–Crippen LogP) is 4.64. The van der Waals surface area contributed by atoms with Crippen molar-refractivity contribution < 1.29 is 4.79 Å². The molecule has 6 heteroatoms. The Morgan fingerprint density at radius 1 is 1.10 bits per heavy atom. The second-order valence-electron chi connectivity index (χ2n) is 7.98. The van der Waals surface area contributed by atoms with Crippen LogP contribution in [0.5, 0.6) is 0 Å². The minimum absolute atomic E-state index is 0.0277. The molecule has 0 spiro atoms. The normalized spacial score (nSPS) is 13.8. The van der Waals surface area contributed by atoms with Crippen LogP contribution in [0.3, 0.4) is 0 Å². The first kappa shape index (κ1) is 18.6. The summed E-state index contributed by atoms with van der Waals surface area (Å²) in [6.45, 7) is 2.97. The van der Waals surface area contributed by atoms with Crippen LogP contribution in [0.15, 0.2) is 48.5 Å². The molecule has 152 valence electrons. The Morgan fingerprint density at radius 2 is 2.00 bits per heavy atom. The van der Waals surface area contributed by atoms with Crippen LogP contribution >= 0.6 is 0 Å². The van der Waals surface area contributed by atoms with E-state index in [0.29, 0.717) is 6.42 Å². The zero-order valence-electron chi connectivity index (χ0n) is 17.1. The van der Waals surface area contributed by atoms with E-state index in [1.165, 1.54) is 12.8 Å². The molecule has 4 aromatic rings. The number of carbonyl (C=O) groups is 1. The number of H-pyrrole nitrogens is 1. The molecule has 0 saturated carbocycles. The van der Waals surface area contributed by atoms with E-state index in [0.717, 1.165) is 64.4 Å². The van der Waals surface area contributed by atoms with E-state index in [4.69, 9.17) is 0 Å². The molecule has 2 aromatic carbocycles. The molecule has 2 N–H and O–H groups in total. The lowest BCUT2D eigenvalue weighted by molar-refractivity contribution is -0.115. The third kappa shape index (κ3) is 3.49. The summed E-state index contributed by atoms with van der Waals surface area (Å²) < 4.78 is 2.23. The number of hydrogen-bond donors (Lipinski definition) is 2. The van der Waals surface area contributed by atoms with Gasteiger partial charge in [-0.3, -0.25) is 4.79 Å². The van der Waals surface area contributed by atoms with Gasteiger partial charge < -0.3 is 14.9 Å².